The molecule has 0 spiro atoms. The van der Waals surface area contributed by atoms with Gasteiger partial charge in [-0.15, -0.1) is 0 Å². The average molecular weight is 397 g/mol. The van der Waals surface area contributed by atoms with E-state index in [2.05, 4.69) is 10.3 Å². The van der Waals surface area contributed by atoms with Crippen molar-refractivity contribution in [3.05, 3.63) is 45.2 Å². The first-order valence-corrected chi connectivity index (χ1v) is 8.75. The second-order valence-electron chi connectivity index (χ2n) is 5.90. The fourth-order valence-electron chi connectivity index (χ4n) is 2.77. The molecule has 1 aromatic carbocycles. The number of carbonyl (C=O) groups excluding carboxylic acids is 2. The van der Waals surface area contributed by atoms with Gasteiger partial charge in [-0.2, -0.15) is 0 Å². The second kappa shape index (κ2) is 7.57. The molecule has 2 amide bonds. The number of ether oxygens (including phenoxy) is 1. The lowest BCUT2D eigenvalue weighted by molar-refractivity contribution is 0.0998. The van der Waals surface area contributed by atoms with Crippen LogP contribution in [0.3, 0.4) is 0 Å². The molecule has 3 rings (SSSR count). The number of primary amides is 1. The number of benzene rings is 1. The molecule has 1 aromatic heterocycles. The number of aromatic amines is 1. The highest BCUT2D eigenvalue weighted by Crippen LogP contribution is 2.32. The molecule has 0 bridgehead atoms. The summed E-state index contributed by atoms with van der Waals surface area (Å²) >= 11 is 12.2. The van der Waals surface area contributed by atoms with Crippen LogP contribution in [0, 0.1) is 6.92 Å². The molecule has 7 nitrogen and oxygen atoms in total. The van der Waals surface area contributed by atoms with E-state index in [1.165, 1.54) is 0 Å². The Morgan fingerprint density at radius 2 is 1.92 bits per heavy atom. The number of aryl methyl sites for hydroxylation is 1. The Hall–Kier alpha value is -2.22. The Kier molecular flexibility index (Phi) is 5.41. The van der Waals surface area contributed by atoms with Gasteiger partial charge in [0.2, 0.25) is 5.91 Å². The molecule has 0 atom stereocenters. The zero-order chi connectivity index (χ0) is 18.8. The molecule has 0 unspecified atom stereocenters. The number of halogens is 2. The summed E-state index contributed by atoms with van der Waals surface area (Å²) in [5.41, 5.74) is 7.78. The third kappa shape index (κ3) is 3.65. The van der Waals surface area contributed by atoms with Gasteiger partial charge in [0.15, 0.2) is 0 Å². The van der Waals surface area contributed by atoms with Gasteiger partial charge in [-0.3, -0.25) is 9.59 Å². The van der Waals surface area contributed by atoms with E-state index < -0.39 is 11.8 Å². The number of anilines is 2. The normalized spacial score (nSPS) is 14.3. The maximum atomic E-state index is 12.6. The number of hydrogen-bond donors (Lipinski definition) is 3. The number of nitrogens with zero attached hydrogens (tertiary/aromatic N) is 1. The van der Waals surface area contributed by atoms with Gasteiger partial charge in [0, 0.05) is 24.3 Å². The van der Waals surface area contributed by atoms with Crippen molar-refractivity contribution in [1.82, 2.24) is 4.98 Å². The molecule has 0 saturated carbocycles. The number of amides is 2. The van der Waals surface area contributed by atoms with E-state index in [4.69, 9.17) is 33.7 Å². The largest absolute Gasteiger partial charge is 0.378 e. The fraction of sp³-hybridized carbons (Fsp3) is 0.294. The third-order valence-electron chi connectivity index (χ3n) is 4.16. The first-order chi connectivity index (χ1) is 12.4. The Labute approximate surface area is 160 Å². The third-order valence-corrected chi connectivity index (χ3v) is 5.11. The minimum atomic E-state index is -0.535. The minimum Gasteiger partial charge on any atom is -0.378 e. The van der Waals surface area contributed by atoms with Gasteiger partial charge < -0.3 is 25.7 Å². The van der Waals surface area contributed by atoms with Crippen molar-refractivity contribution >= 4 is 46.4 Å². The number of nitrogens with two attached hydrogens (primary N) is 1. The summed E-state index contributed by atoms with van der Waals surface area (Å²) in [7, 11) is 0. The Morgan fingerprint density at radius 3 is 2.50 bits per heavy atom. The zero-order valence-corrected chi connectivity index (χ0v) is 15.6. The number of rotatable bonds is 4. The van der Waals surface area contributed by atoms with Crippen LogP contribution >= 0.6 is 23.2 Å². The monoisotopic (exact) mass is 396 g/mol. The summed E-state index contributed by atoms with van der Waals surface area (Å²) in [6.07, 6.45) is 0. The lowest BCUT2D eigenvalue weighted by Crippen LogP contribution is -2.37. The van der Waals surface area contributed by atoms with Crippen molar-refractivity contribution in [3.63, 3.8) is 0 Å². The lowest BCUT2D eigenvalue weighted by Gasteiger charge is -2.30. The molecule has 1 aliphatic heterocycles. The minimum absolute atomic E-state index is 0.170. The number of nitrogens with one attached hydrogen (secondary N) is 2. The molecule has 9 heteroatoms. The van der Waals surface area contributed by atoms with Gasteiger partial charge in [0.25, 0.3) is 5.91 Å². The van der Waals surface area contributed by atoms with Crippen molar-refractivity contribution < 1.29 is 14.3 Å². The molecule has 138 valence electrons. The molecule has 2 aromatic rings. The average Bonchev–Trinajstić information content (AvgIpc) is 2.90. The van der Waals surface area contributed by atoms with E-state index in [-0.39, 0.29) is 10.7 Å². The summed E-state index contributed by atoms with van der Waals surface area (Å²) in [6.45, 7) is 4.13. The van der Waals surface area contributed by atoms with Crippen LogP contribution in [-0.2, 0) is 4.74 Å². The predicted molar refractivity (Wildman–Crippen MR) is 101 cm³/mol. The molecule has 4 N–H and O–H groups in total. The number of aromatic nitrogens is 1. The van der Waals surface area contributed by atoms with Crippen LogP contribution in [0.1, 0.15) is 26.5 Å². The summed E-state index contributed by atoms with van der Waals surface area (Å²) < 4.78 is 5.36. The Balaban J connectivity index is 1.94. The highest BCUT2D eigenvalue weighted by molar-refractivity contribution is 6.44. The van der Waals surface area contributed by atoms with Crippen molar-refractivity contribution in [3.8, 4) is 0 Å². The predicted octanol–water partition coefficient (Wildman–Crippen LogP) is 2.82. The van der Waals surface area contributed by atoms with Gasteiger partial charge in [0.1, 0.15) is 5.69 Å². The van der Waals surface area contributed by atoms with Crippen LogP contribution in [-0.4, -0.2) is 43.1 Å². The van der Waals surface area contributed by atoms with E-state index in [0.29, 0.717) is 54.0 Å². The van der Waals surface area contributed by atoms with Crippen LogP contribution < -0.4 is 16.0 Å². The van der Waals surface area contributed by atoms with Gasteiger partial charge in [-0.25, -0.2) is 0 Å². The van der Waals surface area contributed by atoms with Crippen molar-refractivity contribution in [1.29, 1.82) is 0 Å². The topological polar surface area (TPSA) is 100 Å². The van der Waals surface area contributed by atoms with E-state index in [9.17, 15) is 9.59 Å². The summed E-state index contributed by atoms with van der Waals surface area (Å²) in [5, 5.41) is 3.31. The first kappa shape index (κ1) is 18.6. The molecule has 2 heterocycles. The number of hydrogen-bond acceptors (Lipinski definition) is 4. The van der Waals surface area contributed by atoms with Gasteiger partial charge in [0.05, 0.1) is 34.6 Å². The van der Waals surface area contributed by atoms with E-state index >= 15 is 0 Å². The highest BCUT2D eigenvalue weighted by Gasteiger charge is 2.21. The standard InChI is InChI=1S/C17H18Cl2N4O3/c1-9-13(18)14(19)15(21-9)17(25)22-11-3-2-10(16(20)24)8-12(11)23-4-6-26-7-5-23/h2-3,8,21H,4-7H2,1H3,(H2,20,24)(H,22,25). The molecular weight excluding hydrogens is 379 g/mol. The highest BCUT2D eigenvalue weighted by atomic mass is 35.5. The summed E-state index contributed by atoms with van der Waals surface area (Å²) in [5.74, 6) is -0.960. The van der Waals surface area contributed by atoms with Crippen LogP contribution in [0.2, 0.25) is 10.0 Å². The van der Waals surface area contributed by atoms with Gasteiger partial charge >= 0.3 is 0 Å². The molecule has 26 heavy (non-hydrogen) atoms. The van der Waals surface area contributed by atoms with E-state index in [1.54, 1.807) is 25.1 Å². The zero-order valence-electron chi connectivity index (χ0n) is 14.1. The fourth-order valence-corrected chi connectivity index (χ4v) is 3.19. The first-order valence-electron chi connectivity index (χ1n) is 8.00. The Bertz CT molecular complexity index is 860. The SMILES string of the molecule is Cc1[nH]c(C(=O)Nc2ccc(C(N)=O)cc2N2CCOCC2)c(Cl)c1Cl. The molecule has 1 fully saturated rings. The number of carbonyl (C=O) groups is 2. The van der Waals surface area contributed by atoms with E-state index in [1.807, 2.05) is 4.90 Å². The van der Waals surface area contributed by atoms with Crippen LogP contribution in [0.25, 0.3) is 0 Å². The van der Waals surface area contributed by atoms with Crippen LogP contribution in [0.15, 0.2) is 18.2 Å². The van der Waals surface area contributed by atoms with Crippen molar-refractivity contribution in [2.45, 2.75) is 6.92 Å². The smallest absolute Gasteiger partial charge is 0.273 e. The van der Waals surface area contributed by atoms with E-state index in [0.717, 1.165) is 0 Å². The second-order valence-corrected chi connectivity index (χ2v) is 6.66. The number of H-pyrrole nitrogens is 1. The van der Waals surface area contributed by atoms with Crippen LogP contribution in [0.5, 0.6) is 0 Å². The molecular formula is C17H18Cl2N4O3. The Morgan fingerprint density at radius 1 is 1.23 bits per heavy atom. The molecule has 1 aliphatic rings. The van der Waals surface area contributed by atoms with Crippen LogP contribution in [0.4, 0.5) is 11.4 Å². The maximum absolute atomic E-state index is 12.6. The molecule has 0 radical (unpaired) electrons. The van der Waals surface area contributed by atoms with Gasteiger partial charge in [-0.1, -0.05) is 23.2 Å². The summed E-state index contributed by atoms with van der Waals surface area (Å²) in [4.78, 5) is 29.1. The molecule has 0 aliphatic carbocycles. The van der Waals surface area contributed by atoms with Crippen molar-refractivity contribution in [2.24, 2.45) is 5.73 Å². The maximum Gasteiger partial charge on any atom is 0.273 e. The van der Waals surface area contributed by atoms with Gasteiger partial charge in [-0.05, 0) is 25.1 Å². The quantitative estimate of drug-likeness (QED) is 0.739. The lowest BCUT2D eigenvalue weighted by atomic mass is 10.1. The molecule has 1 saturated heterocycles. The number of morpholine rings is 1. The van der Waals surface area contributed by atoms with Crippen molar-refractivity contribution in [2.75, 3.05) is 36.5 Å². The summed E-state index contributed by atoms with van der Waals surface area (Å²) in [6, 6.07) is 4.88.